The number of amides is 2. The van der Waals surface area contributed by atoms with Gasteiger partial charge in [0.15, 0.2) is 0 Å². The van der Waals surface area contributed by atoms with Crippen molar-refractivity contribution < 1.29 is 22.7 Å². The molecule has 156 valence electrons. The minimum Gasteiger partial charge on any atom is -0.507 e. The number of hydrogen-bond acceptors (Lipinski definition) is 4. The van der Waals surface area contributed by atoms with Crippen LogP contribution >= 0.6 is 0 Å². The van der Waals surface area contributed by atoms with E-state index in [9.17, 15) is 22.7 Å². The Kier molecular flexibility index (Phi) is 6.09. The van der Waals surface area contributed by atoms with E-state index in [0.717, 1.165) is 0 Å². The number of nitrogens with zero attached hydrogens (tertiary/aromatic N) is 2. The molecule has 1 saturated heterocycles. The predicted molar refractivity (Wildman–Crippen MR) is 110 cm³/mol. The van der Waals surface area contributed by atoms with E-state index in [1.165, 1.54) is 28.8 Å². The summed E-state index contributed by atoms with van der Waals surface area (Å²) >= 11 is 0. The summed E-state index contributed by atoms with van der Waals surface area (Å²) in [6, 6.07) is 10.1. The first-order valence-corrected chi connectivity index (χ1v) is 11.1. The van der Waals surface area contributed by atoms with Crippen LogP contribution in [0.4, 0.5) is 14.9 Å². The molecule has 7 nitrogen and oxygen atoms in total. The molecular formula is C20H24FN3O4S. The van der Waals surface area contributed by atoms with Crippen LogP contribution in [-0.2, 0) is 10.0 Å². The standard InChI is InChI=1S/C20H24FN3O4S/c1-23(17-9-11-24(12-10-17)29(2,27)28)20(26)22-16-6-3-14(4-7-16)18-13-15(21)5-8-19(18)25/h3-8,13,17,25H,9-12H2,1-2H3,(H,22,26). The van der Waals surface area contributed by atoms with Gasteiger partial charge < -0.3 is 15.3 Å². The second-order valence-electron chi connectivity index (χ2n) is 7.17. The van der Waals surface area contributed by atoms with Gasteiger partial charge in [-0.2, -0.15) is 0 Å². The Morgan fingerprint density at radius 1 is 1.17 bits per heavy atom. The Bertz CT molecular complexity index is 987. The third kappa shape index (κ3) is 5.04. The van der Waals surface area contributed by atoms with Crippen LogP contribution in [0.5, 0.6) is 5.75 Å². The Morgan fingerprint density at radius 2 is 1.79 bits per heavy atom. The number of hydrogen-bond donors (Lipinski definition) is 2. The lowest BCUT2D eigenvalue weighted by Crippen LogP contribution is -2.48. The molecule has 2 amide bonds. The molecule has 0 aliphatic carbocycles. The van der Waals surface area contributed by atoms with Gasteiger partial charge >= 0.3 is 6.03 Å². The highest BCUT2D eigenvalue weighted by Crippen LogP contribution is 2.30. The van der Waals surface area contributed by atoms with Crippen LogP contribution in [0.1, 0.15) is 12.8 Å². The number of carbonyl (C=O) groups is 1. The molecule has 0 unspecified atom stereocenters. The SMILES string of the molecule is CN(C(=O)Nc1ccc(-c2cc(F)ccc2O)cc1)C1CCN(S(C)(=O)=O)CC1. The molecule has 0 spiro atoms. The zero-order valence-corrected chi connectivity index (χ0v) is 17.1. The van der Waals surface area contributed by atoms with Crippen LogP contribution in [0.3, 0.4) is 0 Å². The van der Waals surface area contributed by atoms with E-state index in [4.69, 9.17) is 0 Å². The summed E-state index contributed by atoms with van der Waals surface area (Å²) in [6.45, 7) is 0.792. The Hall–Kier alpha value is -2.65. The quantitative estimate of drug-likeness (QED) is 0.794. The number of carbonyl (C=O) groups excluding carboxylic acids is 1. The lowest BCUT2D eigenvalue weighted by molar-refractivity contribution is 0.174. The van der Waals surface area contributed by atoms with Crippen molar-refractivity contribution in [3.05, 3.63) is 48.3 Å². The van der Waals surface area contributed by atoms with E-state index in [0.29, 0.717) is 42.7 Å². The summed E-state index contributed by atoms with van der Waals surface area (Å²) in [7, 11) is -1.51. The monoisotopic (exact) mass is 421 g/mol. The molecule has 1 aliphatic heterocycles. The zero-order valence-electron chi connectivity index (χ0n) is 16.3. The highest BCUT2D eigenvalue weighted by Gasteiger charge is 2.29. The fourth-order valence-corrected chi connectivity index (χ4v) is 4.29. The van der Waals surface area contributed by atoms with Crippen molar-refractivity contribution in [3.8, 4) is 16.9 Å². The molecule has 2 aromatic carbocycles. The van der Waals surface area contributed by atoms with E-state index in [2.05, 4.69) is 5.32 Å². The number of rotatable bonds is 4. The molecule has 1 heterocycles. The highest BCUT2D eigenvalue weighted by molar-refractivity contribution is 7.88. The van der Waals surface area contributed by atoms with E-state index >= 15 is 0 Å². The molecule has 0 saturated carbocycles. The van der Waals surface area contributed by atoms with E-state index in [-0.39, 0.29) is 17.8 Å². The van der Waals surface area contributed by atoms with Crippen LogP contribution in [0.2, 0.25) is 0 Å². The number of anilines is 1. The van der Waals surface area contributed by atoms with Gasteiger partial charge in [0.05, 0.1) is 6.26 Å². The van der Waals surface area contributed by atoms with Gasteiger partial charge in [-0.15, -0.1) is 0 Å². The summed E-state index contributed by atoms with van der Waals surface area (Å²) in [4.78, 5) is 14.1. The van der Waals surface area contributed by atoms with Crippen molar-refractivity contribution in [1.82, 2.24) is 9.21 Å². The van der Waals surface area contributed by atoms with Gasteiger partial charge in [-0.05, 0) is 48.7 Å². The van der Waals surface area contributed by atoms with Gasteiger partial charge in [0.25, 0.3) is 0 Å². The van der Waals surface area contributed by atoms with Gasteiger partial charge in [0.2, 0.25) is 10.0 Å². The second kappa shape index (κ2) is 8.38. The second-order valence-corrected chi connectivity index (χ2v) is 9.16. The third-order valence-electron chi connectivity index (χ3n) is 5.17. The van der Waals surface area contributed by atoms with E-state index in [1.54, 1.807) is 36.2 Å². The normalized spacial score (nSPS) is 15.8. The lowest BCUT2D eigenvalue weighted by Gasteiger charge is -2.35. The van der Waals surface area contributed by atoms with Crippen LogP contribution in [0, 0.1) is 5.82 Å². The van der Waals surface area contributed by atoms with Crippen molar-refractivity contribution in [2.45, 2.75) is 18.9 Å². The fourth-order valence-electron chi connectivity index (χ4n) is 3.41. The number of urea groups is 1. The summed E-state index contributed by atoms with van der Waals surface area (Å²) in [5, 5.41) is 12.7. The molecule has 1 fully saturated rings. The molecule has 0 aromatic heterocycles. The Morgan fingerprint density at radius 3 is 2.38 bits per heavy atom. The van der Waals surface area contributed by atoms with E-state index in [1.807, 2.05) is 0 Å². The zero-order chi connectivity index (χ0) is 21.2. The van der Waals surface area contributed by atoms with E-state index < -0.39 is 15.8 Å². The van der Waals surface area contributed by atoms with Crippen LogP contribution < -0.4 is 5.32 Å². The summed E-state index contributed by atoms with van der Waals surface area (Å²) in [6.07, 6.45) is 2.35. The maximum absolute atomic E-state index is 13.4. The number of piperidine rings is 1. The van der Waals surface area contributed by atoms with Crippen LogP contribution in [0.15, 0.2) is 42.5 Å². The smallest absolute Gasteiger partial charge is 0.321 e. The maximum Gasteiger partial charge on any atom is 0.321 e. The molecule has 29 heavy (non-hydrogen) atoms. The first-order chi connectivity index (χ1) is 13.6. The third-order valence-corrected chi connectivity index (χ3v) is 6.47. The molecule has 1 aliphatic rings. The first kappa shape index (κ1) is 21.1. The molecule has 3 rings (SSSR count). The highest BCUT2D eigenvalue weighted by atomic mass is 32.2. The average Bonchev–Trinajstić information content (AvgIpc) is 2.69. The van der Waals surface area contributed by atoms with Crippen molar-refractivity contribution in [3.63, 3.8) is 0 Å². The Balaban J connectivity index is 1.61. The number of nitrogens with one attached hydrogen (secondary N) is 1. The number of halogens is 1. The van der Waals surface area contributed by atoms with Crippen molar-refractivity contribution in [1.29, 1.82) is 0 Å². The minimum absolute atomic E-state index is 0.0247. The van der Waals surface area contributed by atoms with Crippen molar-refractivity contribution >= 4 is 21.7 Å². The predicted octanol–water partition coefficient (Wildman–Crippen LogP) is 3.09. The molecule has 0 radical (unpaired) electrons. The van der Waals surface area contributed by atoms with Gasteiger partial charge in [0.1, 0.15) is 11.6 Å². The molecule has 9 heteroatoms. The largest absolute Gasteiger partial charge is 0.507 e. The fraction of sp³-hybridized carbons (Fsp3) is 0.350. The van der Waals surface area contributed by atoms with Crippen LogP contribution in [0.25, 0.3) is 11.1 Å². The molecule has 2 N–H and O–H groups in total. The first-order valence-electron chi connectivity index (χ1n) is 9.23. The molecule has 0 atom stereocenters. The average molecular weight is 421 g/mol. The molecular weight excluding hydrogens is 397 g/mol. The number of phenolic OH excluding ortho intramolecular Hbond substituents is 1. The van der Waals surface area contributed by atoms with Gasteiger partial charge in [0, 0.05) is 37.4 Å². The summed E-state index contributed by atoms with van der Waals surface area (Å²) < 4.78 is 38.1. The maximum atomic E-state index is 13.4. The minimum atomic E-state index is -3.20. The summed E-state index contributed by atoms with van der Waals surface area (Å²) in [5.41, 5.74) is 1.56. The lowest BCUT2D eigenvalue weighted by atomic mass is 10.0. The molecule has 2 aromatic rings. The topological polar surface area (TPSA) is 90.0 Å². The molecule has 0 bridgehead atoms. The Labute approximate surface area is 169 Å². The number of aromatic hydroxyl groups is 1. The van der Waals surface area contributed by atoms with Gasteiger partial charge in [-0.25, -0.2) is 21.9 Å². The van der Waals surface area contributed by atoms with Crippen molar-refractivity contribution in [2.75, 3.05) is 31.7 Å². The summed E-state index contributed by atoms with van der Waals surface area (Å²) in [5.74, 6) is -0.470. The van der Waals surface area contributed by atoms with Gasteiger partial charge in [-0.3, -0.25) is 0 Å². The van der Waals surface area contributed by atoms with Crippen molar-refractivity contribution in [2.24, 2.45) is 0 Å². The van der Waals surface area contributed by atoms with Gasteiger partial charge in [-0.1, -0.05) is 12.1 Å². The van der Waals surface area contributed by atoms with Crippen LogP contribution in [-0.4, -0.2) is 61.2 Å². The number of sulfonamides is 1. The number of phenols is 1. The number of benzene rings is 2.